The number of thioether (sulfide) groups is 1. The molecule has 1 aromatic heterocycles. The highest BCUT2D eigenvalue weighted by molar-refractivity contribution is 7.98. The molecule has 0 bridgehead atoms. The topological polar surface area (TPSA) is 85.5 Å². The van der Waals surface area contributed by atoms with Crippen LogP contribution in [-0.2, 0) is 0 Å². The maximum absolute atomic E-state index is 6.26. The molecule has 1 heterocycles. The summed E-state index contributed by atoms with van der Waals surface area (Å²) in [7, 11) is 1.65. The summed E-state index contributed by atoms with van der Waals surface area (Å²) in [5.41, 5.74) is 10.6. The predicted molar refractivity (Wildman–Crippen MR) is 159 cm³/mol. The number of rotatable bonds is 12. The summed E-state index contributed by atoms with van der Waals surface area (Å²) in [5.74, 6) is 2.32. The number of hydrogen-bond donors (Lipinski definition) is 2. The van der Waals surface area contributed by atoms with Crippen LogP contribution >= 0.6 is 11.8 Å². The van der Waals surface area contributed by atoms with Gasteiger partial charge in [-0.1, -0.05) is 44.2 Å². The summed E-state index contributed by atoms with van der Waals surface area (Å²) in [6, 6.07) is 24.0. The van der Waals surface area contributed by atoms with E-state index in [0.29, 0.717) is 18.2 Å². The Bertz CT molecular complexity index is 1340. The minimum Gasteiger partial charge on any atom is -0.495 e. The van der Waals surface area contributed by atoms with Crippen molar-refractivity contribution in [2.75, 3.05) is 50.7 Å². The number of anilines is 3. The lowest BCUT2D eigenvalue weighted by molar-refractivity contribution is 0.223. The summed E-state index contributed by atoms with van der Waals surface area (Å²) in [6.07, 6.45) is 2.06. The molecule has 198 valence electrons. The Balaban J connectivity index is 1.76. The van der Waals surface area contributed by atoms with E-state index in [1.54, 1.807) is 18.9 Å². The van der Waals surface area contributed by atoms with Crippen LogP contribution in [0.15, 0.2) is 77.7 Å². The molecule has 0 aliphatic heterocycles. The molecule has 0 saturated heterocycles. The van der Waals surface area contributed by atoms with E-state index >= 15 is 0 Å². The first-order valence-corrected chi connectivity index (χ1v) is 14.0. The highest BCUT2D eigenvalue weighted by Gasteiger charge is 2.20. The summed E-state index contributed by atoms with van der Waals surface area (Å²) in [6.45, 7) is 7.88. The fourth-order valence-electron chi connectivity index (χ4n) is 4.30. The average molecular weight is 530 g/mol. The molecule has 0 fully saturated rings. The van der Waals surface area contributed by atoms with Crippen LogP contribution in [0.25, 0.3) is 22.4 Å². The van der Waals surface area contributed by atoms with Crippen molar-refractivity contribution in [2.45, 2.75) is 18.7 Å². The van der Waals surface area contributed by atoms with Crippen LogP contribution in [0, 0.1) is 0 Å². The second-order valence-electron chi connectivity index (χ2n) is 8.58. The zero-order valence-corrected chi connectivity index (χ0v) is 23.2. The number of nitrogen functional groups attached to an aromatic ring is 1. The van der Waals surface area contributed by atoms with Gasteiger partial charge in [0.15, 0.2) is 0 Å². The average Bonchev–Trinajstić information content (AvgIpc) is 2.96. The number of nitrogens with two attached hydrogens (primary N) is 1. The molecule has 38 heavy (non-hydrogen) atoms. The van der Waals surface area contributed by atoms with Crippen molar-refractivity contribution in [1.82, 2.24) is 14.9 Å². The lowest BCUT2D eigenvalue weighted by Gasteiger charge is -2.19. The lowest BCUT2D eigenvalue weighted by Crippen LogP contribution is -2.27. The van der Waals surface area contributed by atoms with Gasteiger partial charge in [-0.05, 0) is 61.8 Å². The van der Waals surface area contributed by atoms with Gasteiger partial charge in [0.2, 0.25) is 5.95 Å². The Morgan fingerprint density at radius 1 is 0.921 bits per heavy atom. The van der Waals surface area contributed by atoms with Crippen molar-refractivity contribution in [3.63, 3.8) is 0 Å². The fourth-order valence-corrected chi connectivity index (χ4v) is 4.91. The summed E-state index contributed by atoms with van der Waals surface area (Å²) < 4.78 is 11.6. The molecule has 7 nitrogen and oxygen atoms in total. The monoisotopic (exact) mass is 529 g/mol. The molecule has 0 atom stereocenters. The van der Waals surface area contributed by atoms with Crippen LogP contribution in [0.2, 0.25) is 0 Å². The molecular weight excluding hydrogens is 494 g/mol. The highest BCUT2D eigenvalue weighted by Crippen LogP contribution is 2.42. The number of aromatic nitrogens is 2. The van der Waals surface area contributed by atoms with E-state index in [-0.39, 0.29) is 5.95 Å². The summed E-state index contributed by atoms with van der Waals surface area (Å²) in [4.78, 5) is 12.8. The lowest BCUT2D eigenvalue weighted by atomic mass is 9.99. The van der Waals surface area contributed by atoms with Gasteiger partial charge in [-0.2, -0.15) is 4.98 Å². The van der Waals surface area contributed by atoms with Crippen LogP contribution < -0.4 is 20.5 Å². The quantitative estimate of drug-likeness (QED) is 0.199. The molecule has 3 N–H and O–H groups in total. The first-order chi connectivity index (χ1) is 18.6. The van der Waals surface area contributed by atoms with Gasteiger partial charge in [0.1, 0.15) is 23.9 Å². The van der Waals surface area contributed by atoms with Crippen LogP contribution in [0.4, 0.5) is 17.5 Å². The Labute approximate surface area is 229 Å². The molecule has 8 heteroatoms. The Hall–Kier alpha value is -3.75. The third-order valence-corrected chi connectivity index (χ3v) is 7.16. The molecule has 4 rings (SSSR count). The van der Waals surface area contributed by atoms with E-state index in [1.807, 2.05) is 60.7 Å². The fraction of sp³-hybridized carbons (Fsp3) is 0.267. The van der Waals surface area contributed by atoms with Gasteiger partial charge in [-0.25, -0.2) is 4.98 Å². The Morgan fingerprint density at radius 3 is 2.34 bits per heavy atom. The van der Waals surface area contributed by atoms with E-state index in [4.69, 9.17) is 20.2 Å². The van der Waals surface area contributed by atoms with E-state index in [1.165, 1.54) is 0 Å². The van der Waals surface area contributed by atoms with Gasteiger partial charge in [-0.3, -0.25) is 0 Å². The zero-order chi connectivity index (χ0) is 26.9. The summed E-state index contributed by atoms with van der Waals surface area (Å²) in [5, 5.41) is 3.46. The van der Waals surface area contributed by atoms with Gasteiger partial charge < -0.3 is 25.4 Å². The van der Waals surface area contributed by atoms with Gasteiger partial charge >= 0.3 is 0 Å². The van der Waals surface area contributed by atoms with E-state index in [9.17, 15) is 0 Å². The van der Waals surface area contributed by atoms with E-state index in [0.717, 1.165) is 58.4 Å². The Kier molecular flexibility index (Phi) is 9.46. The molecule has 0 radical (unpaired) electrons. The molecule has 0 aliphatic carbocycles. The summed E-state index contributed by atoms with van der Waals surface area (Å²) >= 11 is 1.68. The molecule has 4 aromatic rings. The van der Waals surface area contributed by atoms with Crippen LogP contribution in [-0.4, -0.2) is 54.5 Å². The normalized spacial score (nSPS) is 11.0. The second kappa shape index (κ2) is 13.2. The molecule has 0 aliphatic rings. The number of likely N-dealkylation sites (N-methyl/N-ethyl adjacent to an activating group) is 1. The number of hydrogen-bond acceptors (Lipinski definition) is 8. The molecule has 0 saturated carbocycles. The van der Waals surface area contributed by atoms with Crippen molar-refractivity contribution < 1.29 is 9.47 Å². The third kappa shape index (κ3) is 6.38. The van der Waals surface area contributed by atoms with Crippen LogP contribution in [0.5, 0.6) is 11.5 Å². The van der Waals surface area contributed by atoms with Crippen LogP contribution in [0.3, 0.4) is 0 Å². The van der Waals surface area contributed by atoms with Crippen molar-refractivity contribution in [3.8, 4) is 33.9 Å². The molecule has 0 spiro atoms. The van der Waals surface area contributed by atoms with Gasteiger partial charge in [-0.15, -0.1) is 11.8 Å². The van der Waals surface area contributed by atoms with E-state index < -0.39 is 0 Å². The van der Waals surface area contributed by atoms with Gasteiger partial charge in [0, 0.05) is 22.6 Å². The first-order valence-electron chi connectivity index (χ1n) is 12.7. The van der Waals surface area contributed by atoms with Crippen molar-refractivity contribution in [1.29, 1.82) is 0 Å². The number of nitrogens with zero attached hydrogens (tertiary/aromatic N) is 3. The number of ether oxygens (including phenoxy) is 2. The minimum atomic E-state index is 0.183. The number of nitrogens with one attached hydrogen (secondary N) is 1. The van der Waals surface area contributed by atoms with Gasteiger partial charge in [0.05, 0.1) is 24.1 Å². The van der Waals surface area contributed by atoms with Crippen molar-refractivity contribution in [3.05, 3.63) is 72.8 Å². The first kappa shape index (κ1) is 27.3. The third-order valence-electron chi connectivity index (χ3n) is 6.36. The largest absolute Gasteiger partial charge is 0.495 e. The standard InChI is InChI=1S/C30H35N5O2S/c1-5-35(6-2)19-20-37-22-17-15-21(16-18-22)28-27(23-11-7-10-14-26(23)38-4)29(34-30(31)33-28)32-24-12-8-9-13-25(24)36-3/h7-18H,5-6,19-20H2,1-4H3,(H3,31,32,33,34). The molecule has 0 amide bonds. The maximum atomic E-state index is 6.26. The maximum Gasteiger partial charge on any atom is 0.222 e. The van der Waals surface area contributed by atoms with Gasteiger partial charge in [0.25, 0.3) is 0 Å². The zero-order valence-electron chi connectivity index (χ0n) is 22.4. The Morgan fingerprint density at radius 2 is 1.63 bits per heavy atom. The highest BCUT2D eigenvalue weighted by atomic mass is 32.2. The number of benzene rings is 3. The van der Waals surface area contributed by atoms with Crippen molar-refractivity contribution >= 4 is 29.2 Å². The second-order valence-corrected chi connectivity index (χ2v) is 9.43. The molecule has 3 aromatic carbocycles. The van der Waals surface area contributed by atoms with Crippen molar-refractivity contribution in [2.24, 2.45) is 0 Å². The SMILES string of the molecule is CCN(CC)CCOc1ccc(-c2nc(N)nc(Nc3ccccc3OC)c2-c2ccccc2SC)cc1. The van der Waals surface area contributed by atoms with Crippen LogP contribution in [0.1, 0.15) is 13.8 Å². The smallest absolute Gasteiger partial charge is 0.222 e. The molecule has 0 unspecified atom stereocenters. The minimum absolute atomic E-state index is 0.183. The molecular formula is C30H35N5O2S. The predicted octanol–water partition coefficient (Wildman–Crippen LogP) is 6.59. The number of para-hydroxylation sites is 2. The van der Waals surface area contributed by atoms with E-state index in [2.05, 4.69) is 47.4 Å². The number of methoxy groups -OCH3 is 1.